The quantitative estimate of drug-likeness (QED) is 0.816. The van der Waals surface area contributed by atoms with E-state index in [9.17, 15) is 14.7 Å². The second-order valence-corrected chi connectivity index (χ2v) is 5.16. The Labute approximate surface area is 140 Å². The van der Waals surface area contributed by atoms with E-state index in [1.54, 1.807) is 6.07 Å². The minimum absolute atomic E-state index is 0.0572. The molecule has 0 unspecified atom stereocenters. The molecule has 2 aromatic rings. The minimum Gasteiger partial charge on any atom is -0.497 e. The second kappa shape index (κ2) is 8.01. The first-order chi connectivity index (χ1) is 11.5. The van der Waals surface area contributed by atoms with Crippen LogP contribution in [0.4, 0.5) is 0 Å². The van der Waals surface area contributed by atoms with Gasteiger partial charge in [-0.2, -0.15) is 0 Å². The number of amides is 1. The van der Waals surface area contributed by atoms with Crippen molar-refractivity contribution in [2.24, 2.45) is 0 Å². The molecule has 0 bridgehead atoms. The first kappa shape index (κ1) is 17.3. The van der Waals surface area contributed by atoms with Crippen LogP contribution in [0.2, 0.25) is 0 Å². The molecule has 6 nitrogen and oxygen atoms in total. The molecule has 126 valence electrons. The van der Waals surface area contributed by atoms with E-state index in [0.29, 0.717) is 5.75 Å². The molecule has 24 heavy (non-hydrogen) atoms. The van der Waals surface area contributed by atoms with Crippen molar-refractivity contribution in [3.8, 4) is 11.5 Å². The van der Waals surface area contributed by atoms with E-state index in [0.717, 1.165) is 5.56 Å². The number of carboxylic acids is 1. The van der Waals surface area contributed by atoms with Gasteiger partial charge in [0.1, 0.15) is 17.1 Å². The van der Waals surface area contributed by atoms with Gasteiger partial charge in [-0.05, 0) is 30.7 Å². The lowest BCUT2D eigenvalue weighted by atomic mass is 10.1. The normalized spacial score (nSPS) is 11.4. The fraction of sp³-hybridized carbons (Fsp3) is 0.222. The largest absolute Gasteiger partial charge is 0.497 e. The lowest BCUT2D eigenvalue weighted by Gasteiger charge is -2.15. The molecule has 0 aliphatic carbocycles. The summed E-state index contributed by atoms with van der Waals surface area (Å²) in [6.45, 7) is 1.59. The summed E-state index contributed by atoms with van der Waals surface area (Å²) in [6, 6.07) is 13.7. The molecule has 0 aliphatic heterocycles. The van der Waals surface area contributed by atoms with Crippen LogP contribution in [0.25, 0.3) is 0 Å². The number of carboxylic acid groups (broad SMARTS) is 1. The predicted molar refractivity (Wildman–Crippen MR) is 88.4 cm³/mol. The van der Waals surface area contributed by atoms with Crippen LogP contribution in [0.15, 0.2) is 48.5 Å². The van der Waals surface area contributed by atoms with E-state index in [4.69, 9.17) is 9.47 Å². The van der Waals surface area contributed by atoms with E-state index in [1.807, 2.05) is 37.3 Å². The summed E-state index contributed by atoms with van der Waals surface area (Å²) >= 11 is 0. The molecule has 0 heterocycles. The highest BCUT2D eigenvalue weighted by molar-refractivity contribution is 5.91. The van der Waals surface area contributed by atoms with Crippen LogP contribution in [-0.2, 0) is 4.79 Å². The van der Waals surface area contributed by atoms with Gasteiger partial charge in [-0.3, -0.25) is 4.79 Å². The van der Waals surface area contributed by atoms with E-state index in [-0.39, 0.29) is 29.9 Å². The van der Waals surface area contributed by atoms with Gasteiger partial charge in [0.25, 0.3) is 5.91 Å². The Morgan fingerprint density at radius 3 is 2.50 bits per heavy atom. The summed E-state index contributed by atoms with van der Waals surface area (Å²) in [5, 5.41) is 12.0. The number of hydrogen-bond donors (Lipinski definition) is 2. The number of ether oxygens (including phenoxy) is 2. The van der Waals surface area contributed by atoms with Gasteiger partial charge in [-0.1, -0.05) is 30.3 Å². The number of carbonyl (C=O) groups is 2. The minimum atomic E-state index is -1.15. The summed E-state index contributed by atoms with van der Waals surface area (Å²) in [4.78, 5) is 23.3. The van der Waals surface area contributed by atoms with Crippen LogP contribution in [0.1, 0.15) is 28.9 Å². The third kappa shape index (κ3) is 4.49. The Kier molecular flexibility index (Phi) is 5.78. The van der Waals surface area contributed by atoms with Crippen molar-refractivity contribution < 1.29 is 24.2 Å². The SMILES string of the molecule is COc1ccc(OCC(=O)N[C@H](C)c2ccccc2)c(C(=O)O)c1. The number of methoxy groups -OCH3 is 1. The predicted octanol–water partition coefficient (Wildman–Crippen LogP) is 2.65. The zero-order valence-electron chi connectivity index (χ0n) is 13.5. The highest BCUT2D eigenvalue weighted by Crippen LogP contribution is 2.24. The van der Waals surface area contributed by atoms with Crippen LogP contribution in [0.5, 0.6) is 11.5 Å². The molecule has 0 saturated carbocycles. The van der Waals surface area contributed by atoms with E-state index < -0.39 is 5.97 Å². The summed E-state index contributed by atoms with van der Waals surface area (Å²) in [5.74, 6) is -0.965. The first-order valence-electron chi connectivity index (χ1n) is 7.39. The molecule has 6 heteroatoms. The highest BCUT2D eigenvalue weighted by atomic mass is 16.5. The highest BCUT2D eigenvalue weighted by Gasteiger charge is 2.15. The van der Waals surface area contributed by atoms with Crippen LogP contribution in [-0.4, -0.2) is 30.7 Å². The van der Waals surface area contributed by atoms with Gasteiger partial charge in [0.2, 0.25) is 0 Å². The molecular weight excluding hydrogens is 310 g/mol. The van der Waals surface area contributed by atoms with E-state index in [1.165, 1.54) is 19.2 Å². The van der Waals surface area contributed by atoms with Crippen LogP contribution in [0, 0.1) is 0 Å². The maximum absolute atomic E-state index is 12.0. The van der Waals surface area contributed by atoms with Gasteiger partial charge in [0, 0.05) is 0 Å². The number of aromatic carboxylic acids is 1. The zero-order chi connectivity index (χ0) is 17.5. The van der Waals surface area contributed by atoms with Gasteiger partial charge >= 0.3 is 5.97 Å². The van der Waals surface area contributed by atoms with Crippen molar-refractivity contribution in [1.29, 1.82) is 0 Å². The monoisotopic (exact) mass is 329 g/mol. The zero-order valence-corrected chi connectivity index (χ0v) is 13.5. The lowest BCUT2D eigenvalue weighted by molar-refractivity contribution is -0.123. The smallest absolute Gasteiger partial charge is 0.339 e. The molecule has 0 saturated heterocycles. The summed E-state index contributed by atoms with van der Waals surface area (Å²) in [5.41, 5.74) is 0.916. The Morgan fingerprint density at radius 1 is 1.17 bits per heavy atom. The third-order valence-electron chi connectivity index (χ3n) is 3.45. The molecule has 0 fully saturated rings. The van der Waals surface area contributed by atoms with E-state index in [2.05, 4.69) is 5.32 Å². The molecule has 0 radical (unpaired) electrons. The molecule has 1 atom stereocenters. The van der Waals surface area contributed by atoms with Crippen molar-refractivity contribution in [2.45, 2.75) is 13.0 Å². The average molecular weight is 329 g/mol. The second-order valence-electron chi connectivity index (χ2n) is 5.16. The number of carbonyl (C=O) groups excluding carboxylic acids is 1. The summed E-state index contributed by atoms with van der Waals surface area (Å²) in [6.07, 6.45) is 0. The fourth-order valence-corrected chi connectivity index (χ4v) is 2.18. The van der Waals surface area contributed by atoms with Gasteiger partial charge in [-0.25, -0.2) is 4.79 Å². The van der Waals surface area contributed by atoms with Crippen molar-refractivity contribution in [3.05, 3.63) is 59.7 Å². The van der Waals surface area contributed by atoms with Crippen molar-refractivity contribution >= 4 is 11.9 Å². The van der Waals surface area contributed by atoms with E-state index >= 15 is 0 Å². The fourth-order valence-electron chi connectivity index (χ4n) is 2.18. The standard InChI is InChI=1S/C18H19NO5/c1-12(13-6-4-3-5-7-13)19-17(20)11-24-16-9-8-14(23-2)10-15(16)18(21)22/h3-10,12H,11H2,1-2H3,(H,19,20)(H,21,22)/t12-/m1/s1. The van der Waals surface area contributed by atoms with Gasteiger partial charge < -0.3 is 19.9 Å². The van der Waals surface area contributed by atoms with Gasteiger partial charge in [0.15, 0.2) is 6.61 Å². The molecule has 0 aliphatic rings. The molecule has 2 rings (SSSR count). The molecule has 2 aromatic carbocycles. The molecule has 1 amide bonds. The molecule has 0 spiro atoms. The van der Waals surface area contributed by atoms with Crippen molar-refractivity contribution in [3.63, 3.8) is 0 Å². The number of nitrogens with one attached hydrogen (secondary N) is 1. The first-order valence-corrected chi connectivity index (χ1v) is 7.39. The average Bonchev–Trinajstić information content (AvgIpc) is 2.60. The maximum atomic E-state index is 12.0. The Morgan fingerprint density at radius 2 is 1.88 bits per heavy atom. The Hall–Kier alpha value is -3.02. The Balaban J connectivity index is 1.98. The van der Waals surface area contributed by atoms with Gasteiger partial charge in [-0.15, -0.1) is 0 Å². The molecule has 2 N–H and O–H groups in total. The number of rotatable bonds is 7. The van der Waals surface area contributed by atoms with Crippen molar-refractivity contribution in [2.75, 3.05) is 13.7 Å². The van der Waals surface area contributed by atoms with Gasteiger partial charge in [0.05, 0.1) is 13.2 Å². The third-order valence-corrected chi connectivity index (χ3v) is 3.45. The van der Waals surface area contributed by atoms with Crippen molar-refractivity contribution in [1.82, 2.24) is 5.32 Å². The van der Waals surface area contributed by atoms with Crippen LogP contribution >= 0.6 is 0 Å². The van der Waals surface area contributed by atoms with Crippen LogP contribution in [0.3, 0.4) is 0 Å². The number of hydrogen-bond acceptors (Lipinski definition) is 4. The molecule has 0 aromatic heterocycles. The lowest BCUT2D eigenvalue weighted by Crippen LogP contribution is -2.31. The topological polar surface area (TPSA) is 84.9 Å². The maximum Gasteiger partial charge on any atom is 0.339 e. The van der Waals surface area contributed by atoms with Crippen LogP contribution < -0.4 is 14.8 Å². The summed E-state index contributed by atoms with van der Waals surface area (Å²) in [7, 11) is 1.44. The summed E-state index contributed by atoms with van der Waals surface area (Å²) < 4.78 is 10.3. The Bertz CT molecular complexity index is 715. The number of benzene rings is 2. The molecular formula is C18H19NO5.